The molecule has 1 saturated carbocycles. The van der Waals surface area contributed by atoms with Crippen molar-refractivity contribution >= 4 is 0 Å². The normalized spacial score (nSPS) is 26.2. The summed E-state index contributed by atoms with van der Waals surface area (Å²) in [4.78, 5) is 0. The molecule has 1 aliphatic heterocycles. The highest BCUT2D eigenvalue weighted by atomic mass is 19.1. The van der Waals surface area contributed by atoms with Crippen LogP contribution < -0.4 is 0 Å². The molecule has 5 rings (SSSR count). The van der Waals surface area contributed by atoms with Gasteiger partial charge in [0, 0.05) is 0 Å². The van der Waals surface area contributed by atoms with Gasteiger partial charge in [0.05, 0.1) is 42.3 Å². The molecule has 3 aromatic rings. The molecule has 2 aliphatic rings. The number of hydrogen-bond acceptors (Lipinski definition) is 3. The lowest BCUT2D eigenvalue weighted by molar-refractivity contribution is -0.156. The van der Waals surface area contributed by atoms with E-state index in [1.54, 1.807) is 0 Å². The minimum Gasteiger partial charge on any atom is -0.379 e. The summed E-state index contributed by atoms with van der Waals surface area (Å²) in [7, 11) is 0. The van der Waals surface area contributed by atoms with E-state index in [0.717, 1.165) is 11.1 Å². The van der Waals surface area contributed by atoms with E-state index in [1.165, 1.54) is 17.7 Å². The molecule has 4 heteroatoms. The Morgan fingerprint density at radius 2 is 1.33 bits per heavy atom. The Hall–Kier alpha value is -3.00. The minimum absolute atomic E-state index is 0.169. The van der Waals surface area contributed by atoms with E-state index in [9.17, 15) is 9.65 Å². The molecule has 1 aliphatic carbocycles. The third-order valence-electron chi connectivity index (χ3n) is 7.59. The highest BCUT2D eigenvalue weighted by Gasteiger charge is 2.48. The molecular formula is C29H28FNO2. The number of nitriles is 1. The van der Waals surface area contributed by atoms with Crippen LogP contribution in [0.3, 0.4) is 0 Å². The molecule has 3 nitrogen and oxygen atoms in total. The molecule has 33 heavy (non-hydrogen) atoms. The molecule has 3 aromatic carbocycles. The first-order valence-corrected chi connectivity index (χ1v) is 11.6. The number of ether oxygens (including phenoxy) is 2. The van der Waals surface area contributed by atoms with Gasteiger partial charge in [-0.1, -0.05) is 72.8 Å². The summed E-state index contributed by atoms with van der Waals surface area (Å²) >= 11 is 0. The highest BCUT2D eigenvalue weighted by molar-refractivity contribution is 5.35. The van der Waals surface area contributed by atoms with Crippen molar-refractivity contribution in [2.75, 3.05) is 19.8 Å². The van der Waals surface area contributed by atoms with Crippen LogP contribution in [0.4, 0.5) is 4.39 Å². The van der Waals surface area contributed by atoms with Gasteiger partial charge in [-0.15, -0.1) is 0 Å². The molecule has 2 fully saturated rings. The molecular weight excluding hydrogens is 413 g/mol. The van der Waals surface area contributed by atoms with Gasteiger partial charge in [0.1, 0.15) is 5.82 Å². The zero-order chi connectivity index (χ0) is 22.8. The molecule has 0 amide bonds. The summed E-state index contributed by atoms with van der Waals surface area (Å²) in [5.74, 6) is -0.256. The maximum atomic E-state index is 13.7. The van der Waals surface area contributed by atoms with Crippen molar-refractivity contribution in [3.63, 3.8) is 0 Å². The molecule has 1 saturated heterocycles. The summed E-state index contributed by atoms with van der Waals surface area (Å²) in [5, 5.41) is 10.2. The zero-order valence-corrected chi connectivity index (χ0v) is 18.7. The molecule has 0 atom stereocenters. The van der Waals surface area contributed by atoms with Gasteiger partial charge in [-0.05, 0) is 54.5 Å². The molecule has 1 heterocycles. The third kappa shape index (κ3) is 3.97. The second-order valence-corrected chi connectivity index (χ2v) is 9.49. The molecule has 0 unspecified atom stereocenters. The number of nitrogens with zero attached hydrogens (tertiary/aromatic N) is 1. The van der Waals surface area contributed by atoms with Crippen LogP contribution in [0.5, 0.6) is 0 Å². The van der Waals surface area contributed by atoms with E-state index in [2.05, 4.69) is 18.2 Å². The minimum atomic E-state index is -0.555. The summed E-state index contributed by atoms with van der Waals surface area (Å²) in [6.07, 6.45) is 2.79. The van der Waals surface area contributed by atoms with Crippen molar-refractivity contribution in [2.45, 2.75) is 42.1 Å². The van der Waals surface area contributed by atoms with Crippen LogP contribution in [0.1, 0.15) is 42.4 Å². The van der Waals surface area contributed by atoms with Gasteiger partial charge in [-0.3, -0.25) is 0 Å². The predicted octanol–water partition coefficient (Wildman–Crippen LogP) is 6.04. The van der Waals surface area contributed by atoms with Gasteiger partial charge in [0.2, 0.25) is 0 Å². The average molecular weight is 442 g/mol. The second-order valence-electron chi connectivity index (χ2n) is 9.49. The Morgan fingerprint density at radius 1 is 0.758 bits per heavy atom. The Bertz CT molecular complexity index is 1110. The number of halogens is 1. The van der Waals surface area contributed by atoms with E-state index in [-0.39, 0.29) is 11.2 Å². The van der Waals surface area contributed by atoms with Crippen molar-refractivity contribution in [3.8, 4) is 6.07 Å². The summed E-state index contributed by atoms with van der Waals surface area (Å²) in [6.45, 7) is 1.78. The average Bonchev–Trinajstić information content (AvgIpc) is 2.85. The lowest BCUT2D eigenvalue weighted by Gasteiger charge is -2.48. The summed E-state index contributed by atoms with van der Waals surface area (Å²) in [5.41, 5.74) is 2.01. The van der Waals surface area contributed by atoms with E-state index in [0.29, 0.717) is 45.5 Å². The van der Waals surface area contributed by atoms with Crippen LogP contribution in [0.2, 0.25) is 0 Å². The van der Waals surface area contributed by atoms with Crippen molar-refractivity contribution in [3.05, 3.63) is 107 Å². The van der Waals surface area contributed by atoms with Crippen LogP contribution in [0, 0.1) is 17.1 Å². The zero-order valence-electron chi connectivity index (χ0n) is 18.7. The fourth-order valence-corrected chi connectivity index (χ4v) is 5.32. The predicted molar refractivity (Wildman–Crippen MR) is 125 cm³/mol. The standard InChI is InChI=1S/C29H28FNO2/c30-26-13-11-25(12-14-26)29(33-22-28(20-32-21-28)24-9-5-2-6-10-24)17-15-27(19-31,16-18-29)23-7-3-1-4-8-23/h1-14H,15-18,20-22H2/t27-,29-. The lowest BCUT2D eigenvalue weighted by Crippen LogP contribution is -2.52. The summed E-state index contributed by atoms with van der Waals surface area (Å²) in [6, 6.07) is 29.7. The van der Waals surface area contributed by atoms with Crippen LogP contribution in [-0.2, 0) is 25.9 Å². The molecule has 0 aromatic heterocycles. The lowest BCUT2D eigenvalue weighted by atomic mass is 9.64. The molecule has 168 valence electrons. The molecule has 0 N–H and O–H groups in total. The van der Waals surface area contributed by atoms with Gasteiger partial charge in [0.25, 0.3) is 0 Å². The maximum absolute atomic E-state index is 13.7. The van der Waals surface area contributed by atoms with Crippen LogP contribution in [0.25, 0.3) is 0 Å². The Kier molecular flexibility index (Phi) is 5.78. The number of benzene rings is 3. The fourth-order valence-electron chi connectivity index (χ4n) is 5.32. The third-order valence-corrected chi connectivity index (χ3v) is 7.59. The van der Waals surface area contributed by atoms with Crippen molar-refractivity contribution in [1.29, 1.82) is 5.26 Å². The maximum Gasteiger partial charge on any atom is 0.123 e. The Morgan fingerprint density at radius 3 is 1.85 bits per heavy atom. The topological polar surface area (TPSA) is 42.2 Å². The van der Waals surface area contributed by atoms with Crippen LogP contribution in [-0.4, -0.2) is 19.8 Å². The van der Waals surface area contributed by atoms with Crippen molar-refractivity contribution < 1.29 is 13.9 Å². The van der Waals surface area contributed by atoms with Crippen molar-refractivity contribution in [2.24, 2.45) is 0 Å². The largest absolute Gasteiger partial charge is 0.379 e. The van der Waals surface area contributed by atoms with Gasteiger partial charge < -0.3 is 9.47 Å². The Balaban J connectivity index is 1.44. The van der Waals surface area contributed by atoms with E-state index in [4.69, 9.17) is 9.47 Å². The monoisotopic (exact) mass is 441 g/mol. The fraction of sp³-hybridized carbons (Fsp3) is 0.345. The van der Waals surface area contributed by atoms with Crippen molar-refractivity contribution in [1.82, 2.24) is 0 Å². The number of rotatable bonds is 6. The van der Waals surface area contributed by atoms with Gasteiger partial charge in [-0.2, -0.15) is 5.26 Å². The highest BCUT2D eigenvalue weighted by Crippen LogP contribution is 2.50. The first kappa shape index (κ1) is 21.8. The van der Waals surface area contributed by atoms with Gasteiger partial charge in [-0.25, -0.2) is 4.39 Å². The van der Waals surface area contributed by atoms with E-state index < -0.39 is 11.0 Å². The van der Waals surface area contributed by atoms with E-state index >= 15 is 0 Å². The number of hydrogen-bond donors (Lipinski definition) is 0. The SMILES string of the molecule is N#C[C@]1(c2ccccc2)CC[C@@](OCC2(c3ccccc3)COC2)(c2ccc(F)cc2)CC1. The second kappa shape index (κ2) is 8.74. The molecule has 0 bridgehead atoms. The first-order chi connectivity index (χ1) is 16.1. The quantitative estimate of drug-likeness (QED) is 0.468. The van der Waals surface area contributed by atoms with Gasteiger partial charge in [0.15, 0.2) is 0 Å². The van der Waals surface area contributed by atoms with Crippen LogP contribution in [0.15, 0.2) is 84.9 Å². The smallest absolute Gasteiger partial charge is 0.123 e. The van der Waals surface area contributed by atoms with E-state index in [1.807, 2.05) is 60.7 Å². The first-order valence-electron chi connectivity index (χ1n) is 11.6. The summed E-state index contributed by atoms with van der Waals surface area (Å²) < 4.78 is 26.2. The van der Waals surface area contributed by atoms with Gasteiger partial charge >= 0.3 is 0 Å². The van der Waals surface area contributed by atoms with Crippen LogP contribution >= 0.6 is 0 Å². The Labute approximate surface area is 194 Å². The molecule has 0 radical (unpaired) electrons. The molecule has 0 spiro atoms.